The van der Waals surface area contributed by atoms with Crippen LogP contribution in [0.1, 0.15) is 30.4 Å². The van der Waals surface area contributed by atoms with Crippen LogP contribution in [0.2, 0.25) is 0 Å². The second kappa shape index (κ2) is 8.03. The molecule has 0 bridgehead atoms. The van der Waals surface area contributed by atoms with Crippen LogP contribution in [0.15, 0.2) is 52.2 Å². The Kier molecular flexibility index (Phi) is 5.29. The third kappa shape index (κ3) is 3.85. The molecule has 1 aliphatic rings. The first kappa shape index (κ1) is 19.1. The molecular formula is C22H24N4O3. The van der Waals surface area contributed by atoms with E-state index >= 15 is 0 Å². The summed E-state index contributed by atoms with van der Waals surface area (Å²) in [6.07, 6.45) is 4.62. The number of benzene rings is 1. The minimum Gasteiger partial charge on any atom is -0.341 e. The highest BCUT2D eigenvalue weighted by molar-refractivity contribution is 5.79. The molecule has 1 fully saturated rings. The summed E-state index contributed by atoms with van der Waals surface area (Å²) in [4.78, 5) is 45.0. The average molecular weight is 392 g/mol. The third-order valence-electron chi connectivity index (χ3n) is 5.45. The minimum absolute atomic E-state index is 0.0881. The van der Waals surface area contributed by atoms with Crippen molar-refractivity contribution >= 4 is 16.9 Å². The number of likely N-dealkylation sites (tertiary alicyclic amines) is 1. The monoisotopic (exact) mass is 392 g/mol. The number of aromatic nitrogens is 3. The number of carbonyl (C=O) groups excluding carboxylic acids is 1. The van der Waals surface area contributed by atoms with Crippen molar-refractivity contribution in [1.29, 1.82) is 0 Å². The second-order valence-electron chi connectivity index (χ2n) is 7.56. The average Bonchev–Trinajstić information content (AvgIpc) is 2.76. The van der Waals surface area contributed by atoms with E-state index in [-0.39, 0.29) is 24.5 Å². The predicted molar refractivity (Wildman–Crippen MR) is 111 cm³/mol. The number of pyridine rings is 1. The highest BCUT2D eigenvalue weighted by Crippen LogP contribution is 2.11. The Balaban J connectivity index is 1.78. The molecule has 3 aromatic rings. The van der Waals surface area contributed by atoms with Gasteiger partial charge < -0.3 is 4.90 Å². The van der Waals surface area contributed by atoms with Crippen molar-refractivity contribution in [3.05, 3.63) is 74.6 Å². The molecule has 0 unspecified atom stereocenters. The van der Waals surface area contributed by atoms with Gasteiger partial charge in [0.05, 0.1) is 12.1 Å². The lowest BCUT2D eigenvalue weighted by Crippen LogP contribution is -2.44. The molecule has 4 rings (SSSR count). The molecule has 0 N–H and O–H groups in total. The van der Waals surface area contributed by atoms with E-state index in [2.05, 4.69) is 4.98 Å². The number of rotatable bonds is 4. The summed E-state index contributed by atoms with van der Waals surface area (Å²) in [6, 6.07) is 11.0. The molecule has 1 aromatic carbocycles. The van der Waals surface area contributed by atoms with Gasteiger partial charge in [-0.05, 0) is 43.9 Å². The van der Waals surface area contributed by atoms with Crippen LogP contribution in [0.5, 0.6) is 0 Å². The van der Waals surface area contributed by atoms with E-state index in [1.165, 1.54) is 15.3 Å². The molecular weight excluding hydrogens is 368 g/mol. The van der Waals surface area contributed by atoms with Gasteiger partial charge in [0.1, 0.15) is 6.54 Å². The van der Waals surface area contributed by atoms with E-state index in [9.17, 15) is 14.4 Å². The molecule has 7 nitrogen and oxygen atoms in total. The van der Waals surface area contributed by atoms with E-state index in [0.717, 1.165) is 30.4 Å². The maximum Gasteiger partial charge on any atom is 0.332 e. The first-order chi connectivity index (χ1) is 14.0. The first-order valence-corrected chi connectivity index (χ1v) is 9.96. The summed E-state index contributed by atoms with van der Waals surface area (Å²) in [6.45, 7) is 3.46. The summed E-state index contributed by atoms with van der Waals surface area (Å²) in [5.74, 6) is -0.0995. The molecule has 0 spiro atoms. The van der Waals surface area contributed by atoms with Crippen LogP contribution in [0.3, 0.4) is 0 Å². The number of hydrogen-bond acceptors (Lipinski definition) is 4. The predicted octanol–water partition coefficient (Wildman–Crippen LogP) is 1.93. The van der Waals surface area contributed by atoms with Crippen molar-refractivity contribution in [2.75, 3.05) is 13.1 Å². The van der Waals surface area contributed by atoms with Crippen LogP contribution in [-0.2, 0) is 17.9 Å². The van der Waals surface area contributed by atoms with Crippen LogP contribution in [0, 0.1) is 6.92 Å². The molecule has 0 aliphatic carbocycles. The highest BCUT2D eigenvalue weighted by atomic mass is 16.2. The van der Waals surface area contributed by atoms with Crippen LogP contribution < -0.4 is 11.2 Å². The van der Waals surface area contributed by atoms with E-state index in [0.29, 0.717) is 18.6 Å². The Morgan fingerprint density at radius 2 is 1.72 bits per heavy atom. The maximum atomic E-state index is 13.2. The zero-order valence-electron chi connectivity index (χ0n) is 16.5. The molecule has 0 saturated carbocycles. The fourth-order valence-corrected chi connectivity index (χ4v) is 3.79. The van der Waals surface area contributed by atoms with Crippen molar-refractivity contribution in [3.63, 3.8) is 0 Å². The number of hydrogen-bond donors (Lipinski definition) is 0. The number of fused-ring (bicyclic) bond motifs is 1. The quantitative estimate of drug-likeness (QED) is 0.680. The van der Waals surface area contributed by atoms with Gasteiger partial charge in [0.15, 0.2) is 5.52 Å². The lowest BCUT2D eigenvalue weighted by Gasteiger charge is -2.27. The SMILES string of the molecule is Cc1ccc(Cn2c(=O)c3ncccc3n(CC(=O)N3CCCCC3)c2=O)cc1. The Morgan fingerprint density at radius 3 is 2.45 bits per heavy atom. The Morgan fingerprint density at radius 1 is 1.00 bits per heavy atom. The Hall–Kier alpha value is -3.22. The van der Waals surface area contributed by atoms with Crippen LogP contribution in [0.4, 0.5) is 0 Å². The molecule has 150 valence electrons. The molecule has 1 aliphatic heterocycles. The van der Waals surface area contributed by atoms with Gasteiger partial charge in [-0.1, -0.05) is 29.8 Å². The topological polar surface area (TPSA) is 77.2 Å². The second-order valence-corrected chi connectivity index (χ2v) is 7.56. The Labute approximate surface area is 168 Å². The maximum absolute atomic E-state index is 13.2. The number of aryl methyl sites for hydroxylation is 1. The molecule has 7 heteroatoms. The summed E-state index contributed by atoms with van der Waals surface area (Å²) >= 11 is 0. The smallest absolute Gasteiger partial charge is 0.332 e. The minimum atomic E-state index is -0.485. The van der Waals surface area contributed by atoms with Crippen molar-refractivity contribution in [1.82, 2.24) is 19.0 Å². The van der Waals surface area contributed by atoms with Crippen molar-refractivity contribution in [3.8, 4) is 0 Å². The highest BCUT2D eigenvalue weighted by Gasteiger charge is 2.20. The van der Waals surface area contributed by atoms with E-state index in [1.54, 1.807) is 17.0 Å². The molecule has 3 heterocycles. The normalized spacial score (nSPS) is 14.3. The Bertz CT molecular complexity index is 1160. The molecule has 0 atom stereocenters. The van der Waals surface area contributed by atoms with Gasteiger partial charge >= 0.3 is 5.69 Å². The summed E-state index contributed by atoms with van der Waals surface area (Å²) in [5, 5.41) is 0. The number of piperidine rings is 1. The molecule has 29 heavy (non-hydrogen) atoms. The van der Waals surface area contributed by atoms with Crippen molar-refractivity contribution in [2.45, 2.75) is 39.3 Å². The van der Waals surface area contributed by atoms with E-state index in [4.69, 9.17) is 0 Å². The number of carbonyl (C=O) groups is 1. The van der Waals surface area contributed by atoms with Crippen molar-refractivity contribution in [2.24, 2.45) is 0 Å². The summed E-state index contributed by atoms with van der Waals surface area (Å²) in [7, 11) is 0. The van der Waals surface area contributed by atoms with Gasteiger partial charge in [-0.2, -0.15) is 0 Å². The fourth-order valence-electron chi connectivity index (χ4n) is 3.79. The lowest BCUT2D eigenvalue weighted by molar-refractivity contribution is -0.132. The molecule has 2 aromatic heterocycles. The van der Waals surface area contributed by atoms with Crippen molar-refractivity contribution < 1.29 is 4.79 Å². The molecule has 1 amide bonds. The molecule has 1 saturated heterocycles. The third-order valence-corrected chi connectivity index (χ3v) is 5.45. The van der Waals surface area contributed by atoms with E-state index in [1.807, 2.05) is 31.2 Å². The number of amides is 1. The number of nitrogens with zero attached hydrogens (tertiary/aromatic N) is 4. The lowest BCUT2D eigenvalue weighted by atomic mass is 10.1. The van der Waals surface area contributed by atoms with Crippen LogP contribution in [-0.4, -0.2) is 38.0 Å². The first-order valence-electron chi connectivity index (χ1n) is 9.96. The van der Waals surface area contributed by atoms with Gasteiger partial charge in [0.2, 0.25) is 5.91 Å². The zero-order chi connectivity index (χ0) is 20.4. The van der Waals surface area contributed by atoms with Gasteiger partial charge in [-0.15, -0.1) is 0 Å². The van der Waals surface area contributed by atoms with Gasteiger partial charge in [0.25, 0.3) is 5.56 Å². The zero-order valence-corrected chi connectivity index (χ0v) is 16.5. The van der Waals surface area contributed by atoms with Gasteiger partial charge in [-0.25, -0.2) is 9.78 Å². The fraction of sp³-hybridized carbons (Fsp3) is 0.364. The summed E-state index contributed by atoms with van der Waals surface area (Å²) < 4.78 is 2.55. The molecule has 0 radical (unpaired) electrons. The summed E-state index contributed by atoms with van der Waals surface area (Å²) in [5.41, 5.74) is 1.62. The van der Waals surface area contributed by atoms with Crippen LogP contribution >= 0.6 is 0 Å². The van der Waals surface area contributed by atoms with E-state index < -0.39 is 11.2 Å². The largest absolute Gasteiger partial charge is 0.341 e. The standard InChI is InChI=1S/C22H24N4O3/c1-16-7-9-17(10-8-16)14-26-21(28)20-18(6-5-11-23-20)25(22(26)29)15-19(27)24-12-3-2-4-13-24/h5-11H,2-4,12-15H2,1H3. The van der Waals surface area contributed by atoms with Gasteiger partial charge in [0, 0.05) is 19.3 Å². The van der Waals surface area contributed by atoms with Gasteiger partial charge in [-0.3, -0.25) is 18.7 Å². The van der Waals surface area contributed by atoms with Crippen LogP contribution in [0.25, 0.3) is 11.0 Å².